The molecule has 146 valence electrons. The third kappa shape index (κ3) is 3.99. The van der Waals surface area contributed by atoms with Crippen LogP contribution in [0.2, 0.25) is 0 Å². The number of aryl methyl sites for hydroxylation is 1. The standard InChI is InChI=1S/C20H16N4O4S/c1-11(17(25)22-20-24-23-12(2)29-20)27-19(26)14-8-4-3-7-13(14)18-21-15-9-5-6-10-16(15)28-18/h3-11H,1-2H3,(H,22,24,25). The Hall–Kier alpha value is -3.59. The van der Waals surface area contributed by atoms with E-state index in [1.54, 1.807) is 37.3 Å². The van der Waals surface area contributed by atoms with Crippen molar-refractivity contribution in [1.29, 1.82) is 0 Å². The van der Waals surface area contributed by atoms with Crippen molar-refractivity contribution in [3.63, 3.8) is 0 Å². The molecule has 1 N–H and O–H groups in total. The Balaban J connectivity index is 1.53. The SMILES string of the molecule is Cc1nnc(NC(=O)C(C)OC(=O)c2ccccc2-c2nc3ccccc3o2)s1. The molecular weight excluding hydrogens is 392 g/mol. The Labute approximate surface area is 169 Å². The molecular formula is C20H16N4O4S. The zero-order chi connectivity index (χ0) is 20.4. The second-order valence-electron chi connectivity index (χ2n) is 6.20. The number of para-hydroxylation sites is 2. The molecule has 9 heteroatoms. The molecule has 0 saturated carbocycles. The van der Waals surface area contributed by atoms with Gasteiger partial charge in [0.25, 0.3) is 5.91 Å². The second kappa shape index (κ2) is 7.80. The molecule has 1 unspecified atom stereocenters. The maximum Gasteiger partial charge on any atom is 0.339 e. The van der Waals surface area contributed by atoms with Gasteiger partial charge in [-0.1, -0.05) is 35.6 Å². The number of nitrogens with zero attached hydrogens (tertiary/aromatic N) is 3. The lowest BCUT2D eigenvalue weighted by molar-refractivity contribution is -0.123. The van der Waals surface area contributed by atoms with E-state index in [2.05, 4.69) is 20.5 Å². The predicted octanol–water partition coefficient (Wildman–Crippen LogP) is 3.84. The van der Waals surface area contributed by atoms with Crippen molar-refractivity contribution in [2.24, 2.45) is 0 Å². The minimum Gasteiger partial charge on any atom is -0.449 e. The fraction of sp³-hybridized carbons (Fsp3) is 0.150. The van der Waals surface area contributed by atoms with Crippen LogP contribution in [0.4, 0.5) is 5.13 Å². The maximum atomic E-state index is 12.7. The van der Waals surface area contributed by atoms with Crippen molar-refractivity contribution in [2.75, 3.05) is 5.32 Å². The Morgan fingerprint density at radius 1 is 1.10 bits per heavy atom. The van der Waals surface area contributed by atoms with E-state index >= 15 is 0 Å². The van der Waals surface area contributed by atoms with Gasteiger partial charge < -0.3 is 9.15 Å². The lowest BCUT2D eigenvalue weighted by atomic mass is 10.1. The van der Waals surface area contributed by atoms with Crippen molar-refractivity contribution < 1.29 is 18.7 Å². The Morgan fingerprint density at radius 2 is 1.86 bits per heavy atom. The number of nitrogens with one attached hydrogen (secondary N) is 1. The summed E-state index contributed by atoms with van der Waals surface area (Å²) in [4.78, 5) is 29.4. The molecule has 0 spiro atoms. The summed E-state index contributed by atoms with van der Waals surface area (Å²) in [6, 6.07) is 14.1. The number of anilines is 1. The highest BCUT2D eigenvalue weighted by molar-refractivity contribution is 7.15. The minimum atomic E-state index is -1.02. The first-order valence-electron chi connectivity index (χ1n) is 8.78. The van der Waals surface area contributed by atoms with Crippen molar-refractivity contribution in [3.05, 3.63) is 59.1 Å². The van der Waals surface area contributed by atoms with E-state index in [9.17, 15) is 9.59 Å². The highest BCUT2D eigenvalue weighted by Crippen LogP contribution is 2.27. The summed E-state index contributed by atoms with van der Waals surface area (Å²) in [6.45, 7) is 3.27. The molecule has 2 heterocycles. The van der Waals surface area contributed by atoms with Crippen molar-refractivity contribution in [2.45, 2.75) is 20.0 Å². The Morgan fingerprint density at radius 3 is 2.62 bits per heavy atom. The number of benzene rings is 2. The fourth-order valence-electron chi connectivity index (χ4n) is 2.67. The van der Waals surface area contributed by atoms with E-state index in [-0.39, 0.29) is 5.56 Å². The molecule has 4 rings (SSSR count). The third-order valence-corrected chi connectivity index (χ3v) is 4.83. The van der Waals surface area contributed by atoms with Crippen LogP contribution >= 0.6 is 11.3 Å². The minimum absolute atomic E-state index is 0.255. The van der Waals surface area contributed by atoms with Gasteiger partial charge in [-0.25, -0.2) is 9.78 Å². The van der Waals surface area contributed by atoms with Gasteiger partial charge in [0.05, 0.1) is 11.1 Å². The van der Waals surface area contributed by atoms with Crippen molar-refractivity contribution in [3.8, 4) is 11.5 Å². The summed E-state index contributed by atoms with van der Waals surface area (Å²) in [5.41, 5.74) is 2.04. The highest BCUT2D eigenvalue weighted by atomic mass is 32.1. The predicted molar refractivity (Wildman–Crippen MR) is 108 cm³/mol. The molecule has 0 aliphatic heterocycles. The van der Waals surface area contributed by atoms with Gasteiger partial charge in [0.15, 0.2) is 11.7 Å². The molecule has 0 bridgehead atoms. The van der Waals surface area contributed by atoms with Crippen LogP contribution in [0.1, 0.15) is 22.3 Å². The van der Waals surface area contributed by atoms with Gasteiger partial charge in [0.1, 0.15) is 10.5 Å². The van der Waals surface area contributed by atoms with Crippen LogP contribution in [-0.4, -0.2) is 33.2 Å². The molecule has 4 aromatic rings. The molecule has 0 saturated heterocycles. The monoisotopic (exact) mass is 408 g/mol. The first-order chi connectivity index (χ1) is 14.0. The number of carbonyl (C=O) groups is 2. The normalized spacial score (nSPS) is 11.9. The first kappa shape index (κ1) is 18.8. The van der Waals surface area contributed by atoms with Crippen LogP contribution in [0.5, 0.6) is 0 Å². The summed E-state index contributed by atoms with van der Waals surface area (Å²) in [5.74, 6) is -0.840. The number of carbonyl (C=O) groups excluding carboxylic acids is 2. The lowest BCUT2D eigenvalue weighted by Crippen LogP contribution is -2.30. The van der Waals surface area contributed by atoms with Gasteiger partial charge in [-0.2, -0.15) is 0 Å². The molecule has 8 nitrogen and oxygen atoms in total. The number of aromatic nitrogens is 3. The number of hydrogen-bond acceptors (Lipinski definition) is 8. The number of fused-ring (bicyclic) bond motifs is 1. The van der Waals surface area contributed by atoms with Gasteiger partial charge in [0.2, 0.25) is 11.0 Å². The molecule has 1 amide bonds. The topological polar surface area (TPSA) is 107 Å². The molecule has 0 aliphatic carbocycles. The van der Waals surface area contributed by atoms with Crippen LogP contribution in [0.25, 0.3) is 22.6 Å². The van der Waals surface area contributed by atoms with E-state index in [0.717, 1.165) is 5.01 Å². The third-order valence-electron chi connectivity index (χ3n) is 4.08. The highest BCUT2D eigenvalue weighted by Gasteiger charge is 2.23. The summed E-state index contributed by atoms with van der Waals surface area (Å²) in [7, 11) is 0. The van der Waals surface area contributed by atoms with Crippen molar-refractivity contribution >= 4 is 39.4 Å². The largest absolute Gasteiger partial charge is 0.449 e. The number of rotatable bonds is 5. The smallest absolute Gasteiger partial charge is 0.339 e. The molecule has 2 aromatic carbocycles. The van der Waals surface area contributed by atoms with Gasteiger partial charge in [0, 0.05) is 0 Å². The van der Waals surface area contributed by atoms with Crippen LogP contribution in [0.15, 0.2) is 52.9 Å². The number of amides is 1. The molecule has 29 heavy (non-hydrogen) atoms. The van der Waals surface area contributed by atoms with E-state index < -0.39 is 18.0 Å². The van der Waals surface area contributed by atoms with Gasteiger partial charge in [-0.05, 0) is 38.1 Å². The summed E-state index contributed by atoms with van der Waals surface area (Å²) in [5, 5.41) is 11.3. The van der Waals surface area contributed by atoms with Gasteiger partial charge in [-0.3, -0.25) is 10.1 Å². The van der Waals surface area contributed by atoms with E-state index in [0.29, 0.717) is 27.7 Å². The average Bonchev–Trinajstić information content (AvgIpc) is 3.33. The van der Waals surface area contributed by atoms with Crippen LogP contribution in [-0.2, 0) is 9.53 Å². The second-order valence-corrected chi connectivity index (χ2v) is 7.38. The zero-order valence-corrected chi connectivity index (χ0v) is 16.4. The number of esters is 1. The molecule has 2 aromatic heterocycles. The molecule has 0 fully saturated rings. The van der Waals surface area contributed by atoms with E-state index in [4.69, 9.17) is 9.15 Å². The number of hydrogen-bond donors (Lipinski definition) is 1. The molecule has 1 atom stereocenters. The van der Waals surface area contributed by atoms with Crippen LogP contribution in [0, 0.1) is 6.92 Å². The number of oxazole rings is 1. The Bertz CT molecular complexity index is 1170. The zero-order valence-electron chi connectivity index (χ0n) is 15.6. The van der Waals surface area contributed by atoms with Crippen LogP contribution in [0.3, 0.4) is 0 Å². The lowest BCUT2D eigenvalue weighted by Gasteiger charge is -2.13. The summed E-state index contributed by atoms with van der Waals surface area (Å²) in [6.07, 6.45) is -1.02. The van der Waals surface area contributed by atoms with E-state index in [1.165, 1.54) is 18.3 Å². The fourth-order valence-corrected chi connectivity index (χ4v) is 3.26. The quantitative estimate of drug-likeness (QED) is 0.500. The molecule has 0 aliphatic rings. The van der Waals surface area contributed by atoms with Crippen LogP contribution < -0.4 is 5.32 Å². The van der Waals surface area contributed by atoms with Gasteiger partial charge in [-0.15, -0.1) is 10.2 Å². The summed E-state index contributed by atoms with van der Waals surface area (Å²) < 4.78 is 11.1. The summed E-state index contributed by atoms with van der Waals surface area (Å²) >= 11 is 1.24. The van der Waals surface area contributed by atoms with E-state index in [1.807, 2.05) is 18.2 Å². The maximum absolute atomic E-state index is 12.7. The number of ether oxygens (including phenoxy) is 1. The van der Waals surface area contributed by atoms with Crippen molar-refractivity contribution in [1.82, 2.24) is 15.2 Å². The van der Waals surface area contributed by atoms with Gasteiger partial charge >= 0.3 is 5.97 Å². The average molecular weight is 408 g/mol. The molecule has 0 radical (unpaired) electrons. The Kier molecular flexibility index (Phi) is 5.05. The first-order valence-corrected chi connectivity index (χ1v) is 9.60.